The predicted octanol–water partition coefficient (Wildman–Crippen LogP) is 3.68. The Kier molecular flexibility index (Phi) is 7.96. The summed E-state index contributed by atoms with van der Waals surface area (Å²) in [4.78, 5) is 15.1. The Balaban J connectivity index is 1.61. The Hall–Kier alpha value is -2.38. The van der Waals surface area contributed by atoms with Gasteiger partial charge in [-0.15, -0.1) is 0 Å². The van der Waals surface area contributed by atoms with Gasteiger partial charge in [0.2, 0.25) is 15.9 Å². The molecular weight excluding hydrogens is 422 g/mol. The zero-order valence-electron chi connectivity index (χ0n) is 19.6. The Labute approximate surface area is 192 Å². The molecule has 0 saturated carbocycles. The van der Waals surface area contributed by atoms with E-state index in [2.05, 4.69) is 22.3 Å². The maximum absolute atomic E-state index is 12.6. The Morgan fingerprint density at radius 2 is 1.53 bits per heavy atom. The lowest BCUT2D eigenvalue weighted by molar-refractivity contribution is -0.119. The molecule has 1 amide bonds. The fourth-order valence-corrected chi connectivity index (χ4v) is 5.42. The molecule has 32 heavy (non-hydrogen) atoms. The monoisotopic (exact) mass is 457 g/mol. The number of likely N-dealkylation sites (tertiary alicyclic amines) is 1. The molecule has 0 aromatic heterocycles. The molecule has 1 aliphatic heterocycles. The van der Waals surface area contributed by atoms with Gasteiger partial charge in [-0.25, -0.2) is 8.42 Å². The zero-order valence-corrected chi connectivity index (χ0v) is 20.5. The third-order valence-electron chi connectivity index (χ3n) is 5.94. The van der Waals surface area contributed by atoms with Crippen LogP contribution in [-0.2, 0) is 27.9 Å². The SMILES string of the molecule is Cc1cc(C)c(N(CC(=O)NCc2ccc(CN3CCCCC3)cc2)S(C)(=O)=O)c(C)c1. The van der Waals surface area contributed by atoms with Crippen molar-refractivity contribution in [1.29, 1.82) is 0 Å². The van der Waals surface area contributed by atoms with Crippen molar-refractivity contribution in [2.24, 2.45) is 0 Å². The summed E-state index contributed by atoms with van der Waals surface area (Å²) in [6, 6.07) is 12.1. The number of nitrogens with zero attached hydrogens (tertiary/aromatic N) is 2. The summed E-state index contributed by atoms with van der Waals surface area (Å²) in [6.07, 6.45) is 5.02. The van der Waals surface area contributed by atoms with E-state index in [1.807, 2.05) is 45.0 Å². The van der Waals surface area contributed by atoms with Crippen molar-refractivity contribution in [3.8, 4) is 0 Å². The van der Waals surface area contributed by atoms with E-state index in [0.717, 1.165) is 48.1 Å². The van der Waals surface area contributed by atoms with E-state index in [1.165, 1.54) is 29.1 Å². The minimum Gasteiger partial charge on any atom is -0.350 e. The minimum atomic E-state index is -3.61. The van der Waals surface area contributed by atoms with E-state index >= 15 is 0 Å². The highest BCUT2D eigenvalue weighted by atomic mass is 32.2. The lowest BCUT2D eigenvalue weighted by Gasteiger charge is -2.26. The standard InChI is InChI=1S/C25H35N3O3S/c1-19-14-20(2)25(21(3)15-19)28(32(4,30)31)18-24(29)26-16-22-8-10-23(11-9-22)17-27-12-6-5-7-13-27/h8-11,14-15H,5-7,12-13,16-18H2,1-4H3,(H,26,29). The summed E-state index contributed by atoms with van der Waals surface area (Å²) in [5.74, 6) is -0.327. The highest BCUT2D eigenvalue weighted by Gasteiger charge is 2.24. The van der Waals surface area contributed by atoms with Crippen LogP contribution in [0.25, 0.3) is 0 Å². The first kappa shape index (κ1) is 24.3. The highest BCUT2D eigenvalue weighted by Crippen LogP contribution is 2.28. The van der Waals surface area contributed by atoms with Gasteiger partial charge in [0.15, 0.2) is 0 Å². The molecule has 0 spiro atoms. The second kappa shape index (κ2) is 10.5. The van der Waals surface area contributed by atoms with Crippen molar-refractivity contribution in [3.63, 3.8) is 0 Å². The van der Waals surface area contributed by atoms with E-state index in [4.69, 9.17) is 0 Å². The molecule has 7 heteroatoms. The number of piperidine rings is 1. The second-order valence-corrected chi connectivity index (χ2v) is 10.9. The smallest absolute Gasteiger partial charge is 0.241 e. The largest absolute Gasteiger partial charge is 0.350 e. The zero-order chi connectivity index (χ0) is 23.3. The van der Waals surface area contributed by atoms with Gasteiger partial charge in [-0.05, 0) is 69.0 Å². The van der Waals surface area contributed by atoms with E-state index in [-0.39, 0.29) is 12.5 Å². The van der Waals surface area contributed by atoms with Gasteiger partial charge in [0, 0.05) is 13.1 Å². The fourth-order valence-electron chi connectivity index (χ4n) is 4.45. The topological polar surface area (TPSA) is 69.7 Å². The number of benzene rings is 2. The van der Waals surface area contributed by atoms with Crippen molar-refractivity contribution >= 4 is 21.6 Å². The van der Waals surface area contributed by atoms with Gasteiger partial charge < -0.3 is 5.32 Å². The van der Waals surface area contributed by atoms with Crippen LogP contribution >= 0.6 is 0 Å². The first-order valence-electron chi connectivity index (χ1n) is 11.3. The predicted molar refractivity (Wildman–Crippen MR) is 130 cm³/mol. The van der Waals surface area contributed by atoms with E-state index < -0.39 is 10.0 Å². The summed E-state index contributed by atoms with van der Waals surface area (Å²) in [5.41, 5.74) is 5.58. The van der Waals surface area contributed by atoms with E-state index in [1.54, 1.807) is 0 Å². The summed E-state index contributed by atoms with van der Waals surface area (Å²) >= 11 is 0. The number of amides is 1. The Bertz CT molecular complexity index is 1020. The van der Waals surface area contributed by atoms with Crippen molar-refractivity contribution in [2.45, 2.75) is 53.1 Å². The average Bonchev–Trinajstić information content (AvgIpc) is 2.72. The highest BCUT2D eigenvalue weighted by molar-refractivity contribution is 7.92. The van der Waals surface area contributed by atoms with Gasteiger partial charge in [0.05, 0.1) is 11.9 Å². The lowest BCUT2D eigenvalue weighted by atomic mass is 10.1. The van der Waals surface area contributed by atoms with Crippen LogP contribution < -0.4 is 9.62 Å². The van der Waals surface area contributed by atoms with Crippen molar-refractivity contribution in [3.05, 3.63) is 64.2 Å². The van der Waals surface area contributed by atoms with Gasteiger partial charge >= 0.3 is 0 Å². The summed E-state index contributed by atoms with van der Waals surface area (Å²) in [5, 5.41) is 2.87. The molecule has 1 fully saturated rings. The molecule has 1 aliphatic rings. The molecule has 0 atom stereocenters. The number of hydrogen-bond acceptors (Lipinski definition) is 4. The third kappa shape index (κ3) is 6.56. The Morgan fingerprint density at radius 1 is 0.969 bits per heavy atom. The molecule has 0 radical (unpaired) electrons. The molecule has 2 aromatic carbocycles. The number of carbonyl (C=O) groups excluding carboxylic acids is 1. The summed E-state index contributed by atoms with van der Waals surface area (Å²) < 4.78 is 26.2. The molecule has 3 rings (SSSR count). The molecule has 174 valence electrons. The summed E-state index contributed by atoms with van der Waals surface area (Å²) in [6.45, 7) is 9.13. The normalized spacial score (nSPS) is 14.9. The van der Waals surface area contributed by atoms with Gasteiger partial charge in [0.1, 0.15) is 6.54 Å². The quantitative estimate of drug-likeness (QED) is 0.657. The number of nitrogens with one attached hydrogen (secondary N) is 1. The molecule has 0 bridgehead atoms. The van der Waals surface area contributed by atoms with Crippen LogP contribution in [0.4, 0.5) is 5.69 Å². The molecule has 1 saturated heterocycles. The maximum atomic E-state index is 12.6. The average molecular weight is 458 g/mol. The number of anilines is 1. The van der Waals surface area contributed by atoms with Crippen molar-refractivity contribution in [2.75, 3.05) is 30.2 Å². The van der Waals surface area contributed by atoms with E-state index in [0.29, 0.717) is 12.2 Å². The number of hydrogen-bond donors (Lipinski definition) is 1. The fraction of sp³-hybridized carbons (Fsp3) is 0.480. The maximum Gasteiger partial charge on any atom is 0.241 e. The van der Waals surface area contributed by atoms with Gasteiger partial charge in [-0.2, -0.15) is 0 Å². The van der Waals surface area contributed by atoms with Crippen LogP contribution in [0.15, 0.2) is 36.4 Å². The van der Waals surface area contributed by atoms with Crippen LogP contribution in [0.3, 0.4) is 0 Å². The Morgan fingerprint density at radius 3 is 2.09 bits per heavy atom. The molecule has 6 nitrogen and oxygen atoms in total. The molecule has 0 unspecified atom stereocenters. The third-order valence-corrected chi connectivity index (χ3v) is 7.05. The van der Waals surface area contributed by atoms with E-state index in [9.17, 15) is 13.2 Å². The molecular formula is C25H35N3O3S. The summed E-state index contributed by atoms with van der Waals surface area (Å²) in [7, 11) is -3.61. The van der Waals surface area contributed by atoms with Crippen LogP contribution in [0.1, 0.15) is 47.1 Å². The molecule has 1 N–H and O–H groups in total. The molecule has 0 aliphatic carbocycles. The second-order valence-electron chi connectivity index (χ2n) is 8.95. The first-order valence-corrected chi connectivity index (χ1v) is 13.1. The first-order chi connectivity index (χ1) is 15.1. The number of sulfonamides is 1. The molecule has 2 aromatic rings. The molecule has 1 heterocycles. The minimum absolute atomic E-state index is 0.239. The van der Waals surface area contributed by atoms with Gasteiger partial charge in [-0.1, -0.05) is 48.4 Å². The van der Waals surface area contributed by atoms with Crippen LogP contribution in [-0.4, -0.2) is 45.1 Å². The van der Waals surface area contributed by atoms with Crippen molar-refractivity contribution in [1.82, 2.24) is 10.2 Å². The van der Waals surface area contributed by atoms with Gasteiger partial charge in [-0.3, -0.25) is 14.0 Å². The lowest BCUT2D eigenvalue weighted by Crippen LogP contribution is -2.40. The van der Waals surface area contributed by atoms with Gasteiger partial charge in [0.25, 0.3) is 0 Å². The number of rotatable bonds is 8. The van der Waals surface area contributed by atoms with Crippen LogP contribution in [0.5, 0.6) is 0 Å². The number of aryl methyl sites for hydroxylation is 3. The van der Waals surface area contributed by atoms with Crippen LogP contribution in [0, 0.1) is 20.8 Å². The van der Waals surface area contributed by atoms with Crippen molar-refractivity contribution < 1.29 is 13.2 Å². The van der Waals surface area contributed by atoms with Crippen LogP contribution in [0.2, 0.25) is 0 Å². The number of carbonyl (C=O) groups is 1.